The van der Waals surface area contributed by atoms with Gasteiger partial charge in [0, 0.05) is 0 Å². The Morgan fingerprint density at radius 2 is 2.07 bits per heavy atom. The zero-order valence-corrected chi connectivity index (χ0v) is 9.81. The molecule has 14 heavy (non-hydrogen) atoms. The van der Waals surface area contributed by atoms with Crippen molar-refractivity contribution in [3.8, 4) is 0 Å². The molecule has 0 bridgehead atoms. The molecule has 0 nitrogen and oxygen atoms in total. The molecule has 0 amide bonds. The van der Waals surface area contributed by atoms with E-state index in [0.717, 1.165) is 6.42 Å². The average Bonchev–Trinajstić information content (AvgIpc) is 2.43. The second-order valence-corrected chi connectivity index (χ2v) is 5.17. The third-order valence-electron chi connectivity index (χ3n) is 3.18. The molecule has 0 heterocycles. The van der Waals surface area contributed by atoms with Gasteiger partial charge in [-0.05, 0) is 34.9 Å². The highest BCUT2D eigenvalue weighted by atomic mass is 35.5. The molecule has 1 aromatic rings. The molecule has 0 spiro atoms. The van der Waals surface area contributed by atoms with Crippen LogP contribution in [0.4, 0.5) is 0 Å². The zero-order chi connectivity index (χ0) is 10.3. The fourth-order valence-corrected chi connectivity index (χ4v) is 2.46. The standard InChI is InChI=1S/C13H17Cl/c1-8(2)10-4-5-11-6-9(3)13(14)12(11)7-10/h4-5,7-9,13H,6H2,1-3H3. The quantitative estimate of drug-likeness (QED) is 0.605. The molecule has 0 saturated heterocycles. The van der Waals surface area contributed by atoms with E-state index in [4.69, 9.17) is 11.6 Å². The lowest BCUT2D eigenvalue weighted by molar-refractivity contribution is 0.608. The Morgan fingerprint density at radius 1 is 1.36 bits per heavy atom. The van der Waals surface area contributed by atoms with E-state index < -0.39 is 0 Å². The van der Waals surface area contributed by atoms with Gasteiger partial charge >= 0.3 is 0 Å². The van der Waals surface area contributed by atoms with E-state index in [-0.39, 0.29) is 5.38 Å². The molecule has 1 aromatic carbocycles. The number of hydrogen-bond acceptors (Lipinski definition) is 0. The molecule has 0 radical (unpaired) electrons. The van der Waals surface area contributed by atoms with Gasteiger partial charge in [-0.1, -0.05) is 39.0 Å². The molecule has 1 heteroatoms. The van der Waals surface area contributed by atoms with Crippen molar-refractivity contribution in [1.82, 2.24) is 0 Å². The summed E-state index contributed by atoms with van der Waals surface area (Å²) in [5.41, 5.74) is 4.22. The van der Waals surface area contributed by atoms with Gasteiger partial charge in [0.15, 0.2) is 0 Å². The summed E-state index contributed by atoms with van der Waals surface area (Å²) in [6.07, 6.45) is 1.14. The molecule has 2 rings (SSSR count). The molecule has 76 valence electrons. The number of hydrogen-bond donors (Lipinski definition) is 0. The van der Waals surface area contributed by atoms with Gasteiger partial charge in [-0.3, -0.25) is 0 Å². The van der Waals surface area contributed by atoms with Crippen LogP contribution < -0.4 is 0 Å². The first-order valence-electron chi connectivity index (χ1n) is 5.36. The largest absolute Gasteiger partial charge is 0.118 e. The van der Waals surface area contributed by atoms with Crippen molar-refractivity contribution in [3.63, 3.8) is 0 Å². The number of halogens is 1. The monoisotopic (exact) mass is 208 g/mol. The lowest BCUT2D eigenvalue weighted by atomic mass is 9.98. The average molecular weight is 209 g/mol. The summed E-state index contributed by atoms with van der Waals surface area (Å²) in [7, 11) is 0. The topological polar surface area (TPSA) is 0 Å². The number of benzene rings is 1. The second-order valence-electron chi connectivity index (χ2n) is 4.70. The zero-order valence-electron chi connectivity index (χ0n) is 9.05. The van der Waals surface area contributed by atoms with Gasteiger partial charge in [0.25, 0.3) is 0 Å². The van der Waals surface area contributed by atoms with E-state index in [0.29, 0.717) is 11.8 Å². The first-order valence-corrected chi connectivity index (χ1v) is 5.80. The minimum absolute atomic E-state index is 0.226. The minimum atomic E-state index is 0.226. The number of rotatable bonds is 1. The van der Waals surface area contributed by atoms with Gasteiger partial charge in [-0.15, -0.1) is 11.6 Å². The highest BCUT2D eigenvalue weighted by Crippen LogP contribution is 2.41. The molecule has 2 unspecified atom stereocenters. The van der Waals surface area contributed by atoms with Crippen LogP contribution in [-0.2, 0) is 6.42 Å². The van der Waals surface area contributed by atoms with Crippen molar-refractivity contribution in [1.29, 1.82) is 0 Å². The summed E-state index contributed by atoms with van der Waals surface area (Å²) in [5, 5.41) is 0.226. The normalized spacial score (nSPS) is 25.5. The maximum absolute atomic E-state index is 6.37. The lowest BCUT2D eigenvalue weighted by Crippen LogP contribution is -1.95. The van der Waals surface area contributed by atoms with E-state index in [1.54, 1.807) is 0 Å². The van der Waals surface area contributed by atoms with Crippen LogP contribution in [0.2, 0.25) is 0 Å². The molecule has 2 atom stereocenters. The van der Waals surface area contributed by atoms with E-state index in [1.807, 2.05) is 0 Å². The highest BCUT2D eigenvalue weighted by molar-refractivity contribution is 6.21. The van der Waals surface area contributed by atoms with Gasteiger partial charge in [0.2, 0.25) is 0 Å². The van der Waals surface area contributed by atoms with Gasteiger partial charge in [-0.2, -0.15) is 0 Å². The molecule has 0 saturated carbocycles. The lowest BCUT2D eigenvalue weighted by Gasteiger charge is -2.10. The third kappa shape index (κ3) is 1.56. The predicted molar refractivity (Wildman–Crippen MR) is 62.0 cm³/mol. The smallest absolute Gasteiger partial charge is 0.0616 e. The van der Waals surface area contributed by atoms with E-state index in [2.05, 4.69) is 39.0 Å². The summed E-state index contributed by atoms with van der Waals surface area (Å²) in [6, 6.07) is 6.79. The van der Waals surface area contributed by atoms with Crippen molar-refractivity contribution in [2.45, 2.75) is 38.5 Å². The van der Waals surface area contributed by atoms with Crippen LogP contribution in [0.1, 0.15) is 48.8 Å². The maximum atomic E-state index is 6.37. The van der Waals surface area contributed by atoms with Gasteiger partial charge in [0.05, 0.1) is 5.38 Å². The highest BCUT2D eigenvalue weighted by Gasteiger charge is 2.27. The predicted octanol–water partition coefficient (Wildman–Crippen LogP) is 4.28. The van der Waals surface area contributed by atoms with Gasteiger partial charge in [0.1, 0.15) is 0 Å². The van der Waals surface area contributed by atoms with Crippen molar-refractivity contribution < 1.29 is 0 Å². The summed E-state index contributed by atoms with van der Waals surface area (Å²) < 4.78 is 0. The Balaban J connectivity index is 2.41. The van der Waals surface area contributed by atoms with Crippen LogP contribution >= 0.6 is 11.6 Å². The Bertz CT molecular complexity index is 341. The van der Waals surface area contributed by atoms with Crippen LogP contribution in [0.3, 0.4) is 0 Å². The summed E-state index contributed by atoms with van der Waals surface area (Å²) in [6.45, 7) is 6.68. The van der Waals surface area contributed by atoms with Crippen molar-refractivity contribution in [2.75, 3.05) is 0 Å². The van der Waals surface area contributed by atoms with E-state index in [1.165, 1.54) is 16.7 Å². The first kappa shape index (κ1) is 10.0. The van der Waals surface area contributed by atoms with Gasteiger partial charge in [-0.25, -0.2) is 0 Å². The fraction of sp³-hybridized carbons (Fsp3) is 0.538. The Hall–Kier alpha value is -0.490. The molecule has 0 N–H and O–H groups in total. The first-order chi connectivity index (χ1) is 6.59. The molecular weight excluding hydrogens is 192 g/mol. The second kappa shape index (κ2) is 3.58. The van der Waals surface area contributed by atoms with E-state index >= 15 is 0 Å². The molecule has 1 aliphatic rings. The molecule has 0 aromatic heterocycles. The summed E-state index contributed by atoms with van der Waals surface area (Å²) in [4.78, 5) is 0. The Morgan fingerprint density at radius 3 is 2.71 bits per heavy atom. The van der Waals surface area contributed by atoms with Crippen LogP contribution in [0.5, 0.6) is 0 Å². The summed E-state index contributed by atoms with van der Waals surface area (Å²) >= 11 is 6.37. The molecule has 0 fully saturated rings. The maximum Gasteiger partial charge on any atom is 0.0616 e. The Kier molecular flexibility index (Phi) is 2.57. The SMILES string of the molecule is CC(C)c1ccc2c(c1)C(Cl)C(C)C2. The minimum Gasteiger partial charge on any atom is -0.118 e. The van der Waals surface area contributed by atoms with Crippen LogP contribution in [0.15, 0.2) is 18.2 Å². The molecule has 0 aliphatic heterocycles. The summed E-state index contributed by atoms with van der Waals surface area (Å²) in [5.74, 6) is 1.19. The third-order valence-corrected chi connectivity index (χ3v) is 3.84. The molecule has 1 aliphatic carbocycles. The van der Waals surface area contributed by atoms with Crippen molar-refractivity contribution in [3.05, 3.63) is 34.9 Å². The van der Waals surface area contributed by atoms with Crippen LogP contribution in [0, 0.1) is 5.92 Å². The van der Waals surface area contributed by atoms with Crippen LogP contribution in [-0.4, -0.2) is 0 Å². The Labute approximate surface area is 91.3 Å². The van der Waals surface area contributed by atoms with Crippen LogP contribution in [0.25, 0.3) is 0 Å². The molecular formula is C13H17Cl. The van der Waals surface area contributed by atoms with E-state index in [9.17, 15) is 0 Å². The van der Waals surface area contributed by atoms with Crippen molar-refractivity contribution >= 4 is 11.6 Å². The number of fused-ring (bicyclic) bond motifs is 1. The fourth-order valence-electron chi connectivity index (χ4n) is 2.17. The van der Waals surface area contributed by atoms with Crippen molar-refractivity contribution in [2.24, 2.45) is 5.92 Å². The van der Waals surface area contributed by atoms with Gasteiger partial charge < -0.3 is 0 Å². The number of alkyl halides is 1.